The van der Waals surface area contributed by atoms with Gasteiger partial charge in [-0.2, -0.15) is 0 Å². The Morgan fingerprint density at radius 1 is 1.25 bits per heavy atom. The highest BCUT2D eigenvalue weighted by Gasteiger charge is 2.18. The van der Waals surface area contributed by atoms with Crippen LogP contribution >= 0.6 is 0 Å². The van der Waals surface area contributed by atoms with Gasteiger partial charge >= 0.3 is 0 Å². The van der Waals surface area contributed by atoms with E-state index in [9.17, 15) is 4.79 Å². The number of nitrogens with zero attached hydrogens (tertiary/aromatic N) is 2. The summed E-state index contributed by atoms with van der Waals surface area (Å²) in [6, 6.07) is 9.71. The van der Waals surface area contributed by atoms with E-state index in [-0.39, 0.29) is 11.9 Å². The van der Waals surface area contributed by atoms with Gasteiger partial charge in [-0.25, -0.2) is 4.98 Å². The molecule has 1 unspecified atom stereocenters. The first-order chi connectivity index (χ1) is 9.67. The van der Waals surface area contributed by atoms with Crippen LogP contribution in [-0.4, -0.2) is 34.9 Å². The lowest BCUT2D eigenvalue weighted by molar-refractivity contribution is -0.131. The molecule has 0 fully saturated rings. The van der Waals surface area contributed by atoms with Crippen molar-refractivity contribution >= 4 is 22.5 Å². The molecule has 0 bridgehead atoms. The lowest BCUT2D eigenvalue weighted by Crippen LogP contribution is -2.41. The molecule has 1 amide bonds. The molecule has 0 aliphatic rings. The van der Waals surface area contributed by atoms with E-state index in [1.807, 2.05) is 56.0 Å². The van der Waals surface area contributed by atoms with E-state index in [2.05, 4.69) is 10.3 Å². The summed E-state index contributed by atoms with van der Waals surface area (Å²) in [6.45, 7) is 7.31. The molecule has 106 valence electrons. The van der Waals surface area contributed by atoms with Crippen molar-refractivity contribution in [2.75, 3.05) is 18.4 Å². The van der Waals surface area contributed by atoms with Gasteiger partial charge in [-0.15, -0.1) is 0 Å². The first-order valence-electron chi connectivity index (χ1n) is 7.06. The average molecular weight is 271 g/mol. The molecule has 1 heterocycles. The molecule has 0 aliphatic carbocycles. The van der Waals surface area contributed by atoms with Gasteiger partial charge in [0.2, 0.25) is 5.91 Å². The first kappa shape index (κ1) is 14.3. The maximum atomic E-state index is 12.3. The highest BCUT2D eigenvalue weighted by atomic mass is 16.2. The SMILES string of the molecule is CCN(CC)C(=O)C(C)Nc1nccc2ccccc12. The third-order valence-corrected chi connectivity index (χ3v) is 3.47. The molecule has 0 aliphatic heterocycles. The predicted octanol–water partition coefficient (Wildman–Crippen LogP) is 2.90. The van der Waals surface area contributed by atoms with E-state index in [1.54, 1.807) is 6.20 Å². The van der Waals surface area contributed by atoms with Gasteiger partial charge in [0.05, 0.1) is 0 Å². The highest BCUT2D eigenvalue weighted by Crippen LogP contribution is 2.21. The summed E-state index contributed by atoms with van der Waals surface area (Å²) >= 11 is 0. The summed E-state index contributed by atoms with van der Waals surface area (Å²) in [6.07, 6.45) is 1.76. The number of hydrogen-bond acceptors (Lipinski definition) is 3. The van der Waals surface area contributed by atoms with Crippen LogP contribution in [0.5, 0.6) is 0 Å². The normalized spacial score (nSPS) is 12.2. The van der Waals surface area contributed by atoms with E-state index < -0.39 is 0 Å². The summed E-state index contributed by atoms with van der Waals surface area (Å²) in [5.74, 6) is 0.862. The van der Waals surface area contributed by atoms with Crippen molar-refractivity contribution in [1.29, 1.82) is 0 Å². The van der Waals surface area contributed by atoms with Gasteiger partial charge in [0.1, 0.15) is 11.9 Å². The molecular formula is C16H21N3O. The molecule has 1 aromatic heterocycles. The van der Waals surface area contributed by atoms with E-state index in [1.165, 1.54) is 0 Å². The molecule has 4 heteroatoms. The van der Waals surface area contributed by atoms with Crippen LogP contribution in [0.15, 0.2) is 36.5 Å². The minimum absolute atomic E-state index is 0.102. The van der Waals surface area contributed by atoms with E-state index in [4.69, 9.17) is 0 Å². The number of anilines is 1. The fourth-order valence-electron chi connectivity index (χ4n) is 2.31. The van der Waals surface area contributed by atoms with Crippen LogP contribution in [0.1, 0.15) is 20.8 Å². The van der Waals surface area contributed by atoms with Gasteiger partial charge < -0.3 is 10.2 Å². The van der Waals surface area contributed by atoms with Crippen molar-refractivity contribution in [3.63, 3.8) is 0 Å². The standard InChI is InChI=1S/C16H21N3O/c1-4-19(5-2)16(20)12(3)18-15-14-9-7-6-8-13(14)10-11-17-15/h6-12H,4-5H2,1-3H3,(H,17,18). The monoisotopic (exact) mass is 271 g/mol. The highest BCUT2D eigenvalue weighted by molar-refractivity contribution is 5.93. The smallest absolute Gasteiger partial charge is 0.244 e. The van der Waals surface area contributed by atoms with Gasteiger partial charge in [0.15, 0.2) is 0 Å². The van der Waals surface area contributed by atoms with E-state index >= 15 is 0 Å². The van der Waals surface area contributed by atoms with Crippen molar-refractivity contribution in [2.24, 2.45) is 0 Å². The molecule has 0 spiro atoms. The van der Waals surface area contributed by atoms with Gasteiger partial charge in [0, 0.05) is 24.7 Å². The Kier molecular flexibility index (Phi) is 4.56. The topological polar surface area (TPSA) is 45.2 Å². The fourth-order valence-corrected chi connectivity index (χ4v) is 2.31. The summed E-state index contributed by atoms with van der Waals surface area (Å²) in [7, 11) is 0. The molecule has 1 atom stereocenters. The van der Waals surface area contributed by atoms with Crippen LogP contribution < -0.4 is 5.32 Å². The number of pyridine rings is 1. The molecule has 0 saturated carbocycles. The first-order valence-corrected chi connectivity index (χ1v) is 7.06. The summed E-state index contributed by atoms with van der Waals surface area (Å²) in [5, 5.41) is 5.39. The van der Waals surface area contributed by atoms with Crippen LogP contribution in [0.2, 0.25) is 0 Å². The second kappa shape index (κ2) is 6.37. The average Bonchev–Trinajstić information content (AvgIpc) is 2.48. The lowest BCUT2D eigenvalue weighted by Gasteiger charge is -2.24. The minimum Gasteiger partial charge on any atom is -0.358 e. The fraction of sp³-hybridized carbons (Fsp3) is 0.375. The zero-order chi connectivity index (χ0) is 14.5. The van der Waals surface area contributed by atoms with Gasteiger partial charge in [-0.1, -0.05) is 24.3 Å². The van der Waals surface area contributed by atoms with Crippen molar-refractivity contribution in [3.05, 3.63) is 36.5 Å². The zero-order valence-electron chi connectivity index (χ0n) is 12.3. The molecule has 2 aromatic rings. The second-order valence-electron chi connectivity index (χ2n) is 4.76. The van der Waals surface area contributed by atoms with Crippen molar-refractivity contribution in [3.8, 4) is 0 Å². The molecule has 4 nitrogen and oxygen atoms in total. The molecule has 2 rings (SSSR count). The number of fused-ring (bicyclic) bond motifs is 1. The van der Waals surface area contributed by atoms with Crippen LogP contribution in [0.4, 0.5) is 5.82 Å². The maximum Gasteiger partial charge on any atom is 0.244 e. The number of carbonyl (C=O) groups excluding carboxylic acids is 1. The Labute approximate surface area is 119 Å². The number of rotatable bonds is 5. The summed E-state index contributed by atoms with van der Waals surface area (Å²) in [4.78, 5) is 18.5. The van der Waals surface area contributed by atoms with Gasteiger partial charge in [0.25, 0.3) is 0 Å². The largest absolute Gasteiger partial charge is 0.358 e. The van der Waals surface area contributed by atoms with E-state index in [0.29, 0.717) is 0 Å². The Morgan fingerprint density at radius 3 is 2.65 bits per heavy atom. The number of amides is 1. The number of likely N-dealkylation sites (N-methyl/N-ethyl adjacent to an activating group) is 1. The zero-order valence-corrected chi connectivity index (χ0v) is 12.3. The Hall–Kier alpha value is -2.10. The predicted molar refractivity (Wildman–Crippen MR) is 82.8 cm³/mol. The summed E-state index contributed by atoms with van der Waals surface area (Å²) < 4.78 is 0. The minimum atomic E-state index is -0.284. The van der Waals surface area contributed by atoms with Crippen LogP contribution in [-0.2, 0) is 4.79 Å². The van der Waals surface area contributed by atoms with Crippen LogP contribution in [0.3, 0.4) is 0 Å². The van der Waals surface area contributed by atoms with E-state index in [0.717, 1.165) is 29.7 Å². The Morgan fingerprint density at radius 2 is 1.95 bits per heavy atom. The van der Waals surface area contributed by atoms with Crippen LogP contribution in [0.25, 0.3) is 10.8 Å². The molecule has 0 radical (unpaired) electrons. The van der Waals surface area contributed by atoms with Crippen molar-refractivity contribution in [1.82, 2.24) is 9.88 Å². The number of nitrogens with one attached hydrogen (secondary N) is 1. The maximum absolute atomic E-state index is 12.3. The Bertz CT molecular complexity index is 588. The number of carbonyl (C=O) groups is 1. The van der Waals surface area contributed by atoms with Crippen molar-refractivity contribution in [2.45, 2.75) is 26.8 Å². The lowest BCUT2D eigenvalue weighted by atomic mass is 10.1. The number of hydrogen-bond donors (Lipinski definition) is 1. The molecular weight excluding hydrogens is 250 g/mol. The van der Waals surface area contributed by atoms with Gasteiger partial charge in [-0.05, 0) is 32.2 Å². The van der Waals surface area contributed by atoms with Crippen LogP contribution in [0, 0.1) is 0 Å². The second-order valence-corrected chi connectivity index (χ2v) is 4.76. The third kappa shape index (κ3) is 2.90. The Balaban J connectivity index is 2.22. The molecule has 0 saturated heterocycles. The van der Waals surface area contributed by atoms with Gasteiger partial charge in [-0.3, -0.25) is 4.79 Å². The quantitative estimate of drug-likeness (QED) is 0.909. The summed E-state index contributed by atoms with van der Waals surface area (Å²) in [5.41, 5.74) is 0. The molecule has 1 aromatic carbocycles. The number of aromatic nitrogens is 1. The molecule has 20 heavy (non-hydrogen) atoms. The number of benzene rings is 1. The third-order valence-electron chi connectivity index (χ3n) is 3.47. The molecule has 1 N–H and O–H groups in total. The van der Waals surface area contributed by atoms with Crippen molar-refractivity contribution < 1.29 is 4.79 Å².